The molecule has 0 fully saturated rings. The number of hydrogen-bond donors (Lipinski definition) is 0. The van der Waals surface area contributed by atoms with Crippen molar-refractivity contribution in [2.75, 3.05) is 0 Å². The first-order valence-corrected chi connectivity index (χ1v) is 5.19. The van der Waals surface area contributed by atoms with Crippen LogP contribution in [0.15, 0.2) is 34.2 Å². The summed E-state index contributed by atoms with van der Waals surface area (Å²) in [6.45, 7) is 9.06. The zero-order valence-corrected chi connectivity index (χ0v) is 9.77. The molecule has 4 heteroatoms. The van der Waals surface area contributed by atoms with E-state index in [1.807, 2.05) is 19.9 Å². The van der Waals surface area contributed by atoms with Crippen molar-refractivity contribution in [1.29, 1.82) is 0 Å². The molecule has 0 N–H and O–H groups in total. The second kappa shape index (κ2) is 5.21. The molecular weight excluding hydrogens is 202 g/mol. The average Bonchev–Trinajstić information content (AvgIpc) is 2.32. The summed E-state index contributed by atoms with van der Waals surface area (Å²) in [5, 5.41) is 4.17. The molecule has 0 saturated heterocycles. The summed E-state index contributed by atoms with van der Waals surface area (Å²) in [5.74, 6) is 0.545. The van der Waals surface area contributed by atoms with Crippen molar-refractivity contribution >= 4 is 17.6 Å². The molecule has 84 valence electrons. The molecule has 16 heavy (non-hydrogen) atoms. The van der Waals surface area contributed by atoms with Crippen molar-refractivity contribution in [2.45, 2.75) is 20.8 Å². The fourth-order valence-corrected chi connectivity index (χ4v) is 1.40. The zero-order chi connectivity index (χ0) is 12.1. The number of hydrogen-bond acceptors (Lipinski definition) is 3. The summed E-state index contributed by atoms with van der Waals surface area (Å²) in [6, 6.07) is 7.18. The van der Waals surface area contributed by atoms with E-state index in [0.29, 0.717) is 16.7 Å². The molecule has 0 aliphatic heterocycles. The average molecular weight is 217 g/mol. The molecular formula is C12H15N3O. The summed E-state index contributed by atoms with van der Waals surface area (Å²) in [6.07, 6.45) is 0. The Morgan fingerprint density at radius 1 is 1.31 bits per heavy atom. The number of aromatic nitrogens is 2. The second-order valence-corrected chi connectivity index (χ2v) is 2.93. The fourth-order valence-electron chi connectivity index (χ4n) is 1.40. The molecule has 0 unspecified atom stereocenters. The van der Waals surface area contributed by atoms with Gasteiger partial charge in [0.1, 0.15) is 5.82 Å². The maximum absolute atomic E-state index is 11.8. The van der Waals surface area contributed by atoms with Gasteiger partial charge in [-0.15, -0.1) is 0 Å². The third-order valence-corrected chi connectivity index (χ3v) is 2.06. The van der Waals surface area contributed by atoms with Crippen LogP contribution >= 0.6 is 0 Å². The van der Waals surface area contributed by atoms with E-state index >= 15 is 0 Å². The van der Waals surface area contributed by atoms with Crippen LogP contribution in [0, 0.1) is 6.92 Å². The maximum Gasteiger partial charge on any atom is 0.282 e. The first-order chi connectivity index (χ1) is 7.74. The normalized spacial score (nSPS) is 9.44. The van der Waals surface area contributed by atoms with Gasteiger partial charge in [0.05, 0.1) is 10.9 Å². The largest absolute Gasteiger partial charge is 0.282 e. The maximum atomic E-state index is 11.8. The SMILES string of the molecule is C=Nn1c(C)nc2ccccc2c1=O.CC. The van der Waals surface area contributed by atoms with Crippen molar-refractivity contribution in [3.8, 4) is 0 Å². The Balaban J connectivity index is 0.000000606. The monoisotopic (exact) mass is 217 g/mol. The lowest BCUT2D eigenvalue weighted by Gasteiger charge is -2.03. The number of aryl methyl sites for hydroxylation is 1. The molecule has 2 aromatic rings. The topological polar surface area (TPSA) is 47.2 Å². The third-order valence-electron chi connectivity index (χ3n) is 2.06. The Morgan fingerprint density at radius 3 is 2.56 bits per heavy atom. The van der Waals surface area contributed by atoms with E-state index in [0.717, 1.165) is 0 Å². The highest BCUT2D eigenvalue weighted by Crippen LogP contribution is 2.06. The molecule has 0 saturated carbocycles. The van der Waals surface area contributed by atoms with Crippen molar-refractivity contribution in [3.05, 3.63) is 40.4 Å². The van der Waals surface area contributed by atoms with Gasteiger partial charge in [-0.2, -0.15) is 9.78 Å². The molecule has 0 amide bonds. The van der Waals surface area contributed by atoms with Gasteiger partial charge in [-0.1, -0.05) is 26.0 Å². The molecule has 0 aliphatic rings. The van der Waals surface area contributed by atoms with Crippen LogP contribution in [-0.4, -0.2) is 16.4 Å². The van der Waals surface area contributed by atoms with Crippen LogP contribution in [0.25, 0.3) is 10.9 Å². The molecule has 0 radical (unpaired) electrons. The van der Waals surface area contributed by atoms with E-state index in [1.54, 1.807) is 25.1 Å². The molecule has 0 aliphatic carbocycles. The van der Waals surface area contributed by atoms with E-state index in [9.17, 15) is 4.79 Å². The van der Waals surface area contributed by atoms with Crippen LogP contribution in [0.1, 0.15) is 19.7 Å². The third kappa shape index (κ3) is 2.00. The number of nitrogens with zero attached hydrogens (tertiary/aromatic N) is 3. The summed E-state index contributed by atoms with van der Waals surface area (Å²) >= 11 is 0. The van der Waals surface area contributed by atoms with Gasteiger partial charge in [0.15, 0.2) is 0 Å². The predicted octanol–water partition coefficient (Wildman–Crippen LogP) is 2.19. The van der Waals surface area contributed by atoms with Crippen LogP contribution < -0.4 is 5.56 Å². The van der Waals surface area contributed by atoms with Gasteiger partial charge in [-0.05, 0) is 19.1 Å². The van der Waals surface area contributed by atoms with Gasteiger partial charge in [0.2, 0.25) is 0 Å². The van der Waals surface area contributed by atoms with Crippen molar-refractivity contribution < 1.29 is 0 Å². The second-order valence-electron chi connectivity index (χ2n) is 2.93. The lowest BCUT2D eigenvalue weighted by Crippen LogP contribution is -2.19. The Hall–Kier alpha value is -1.97. The molecule has 0 spiro atoms. The Morgan fingerprint density at radius 2 is 1.94 bits per heavy atom. The van der Waals surface area contributed by atoms with Crippen molar-refractivity contribution in [3.63, 3.8) is 0 Å². The minimum absolute atomic E-state index is 0.178. The summed E-state index contributed by atoms with van der Waals surface area (Å²) in [7, 11) is 0. The molecule has 0 atom stereocenters. The molecule has 4 nitrogen and oxygen atoms in total. The van der Waals surface area contributed by atoms with Gasteiger partial charge in [-0.3, -0.25) is 4.79 Å². The van der Waals surface area contributed by atoms with Gasteiger partial charge in [-0.25, -0.2) is 4.98 Å². The smallest absolute Gasteiger partial charge is 0.267 e. The standard InChI is InChI=1S/C10H9N3O.C2H6/c1-7-12-9-6-4-3-5-8(9)10(14)13(7)11-2;1-2/h3-6H,2H2,1H3;1-2H3. The molecule has 1 heterocycles. The fraction of sp³-hybridized carbons (Fsp3) is 0.250. The predicted molar refractivity (Wildman–Crippen MR) is 67.0 cm³/mol. The van der Waals surface area contributed by atoms with Gasteiger partial charge >= 0.3 is 0 Å². The minimum Gasteiger partial charge on any atom is -0.267 e. The Labute approximate surface area is 94.3 Å². The first kappa shape index (κ1) is 12.1. The van der Waals surface area contributed by atoms with E-state index in [4.69, 9.17) is 0 Å². The van der Waals surface area contributed by atoms with Crippen LogP contribution in [0.2, 0.25) is 0 Å². The molecule has 2 rings (SSSR count). The van der Waals surface area contributed by atoms with Crippen molar-refractivity contribution in [1.82, 2.24) is 9.66 Å². The number of para-hydroxylation sites is 1. The van der Waals surface area contributed by atoms with E-state index in [2.05, 4.69) is 16.8 Å². The van der Waals surface area contributed by atoms with Crippen LogP contribution in [0.3, 0.4) is 0 Å². The Bertz CT molecular complexity index is 558. The quantitative estimate of drug-likeness (QED) is 0.687. The van der Waals surface area contributed by atoms with Crippen molar-refractivity contribution in [2.24, 2.45) is 5.10 Å². The summed E-state index contributed by atoms with van der Waals surface area (Å²) < 4.78 is 1.20. The van der Waals surface area contributed by atoms with Gasteiger partial charge in [0.25, 0.3) is 5.56 Å². The zero-order valence-electron chi connectivity index (χ0n) is 9.77. The highest BCUT2D eigenvalue weighted by atomic mass is 16.1. The van der Waals surface area contributed by atoms with E-state index in [1.165, 1.54) is 4.68 Å². The molecule has 1 aromatic carbocycles. The lowest BCUT2D eigenvalue weighted by molar-refractivity contribution is 0.773. The summed E-state index contributed by atoms with van der Waals surface area (Å²) in [4.78, 5) is 16.0. The van der Waals surface area contributed by atoms with Crippen LogP contribution in [-0.2, 0) is 0 Å². The Kier molecular flexibility index (Phi) is 3.94. The molecule has 0 bridgehead atoms. The molecule has 1 aromatic heterocycles. The highest BCUT2D eigenvalue weighted by Gasteiger charge is 2.04. The lowest BCUT2D eigenvalue weighted by atomic mass is 10.2. The number of rotatable bonds is 1. The summed E-state index contributed by atoms with van der Waals surface area (Å²) in [5.41, 5.74) is 0.512. The van der Waals surface area contributed by atoms with E-state index < -0.39 is 0 Å². The number of fused-ring (bicyclic) bond motifs is 1. The van der Waals surface area contributed by atoms with Gasteiger partial charge in [0, 0.05) is 6.72 Å². The van der Waals surface area contributed by atoms with Crippen LogP contribution in [0.5, 0.6) is 0 Å². The number of benzene rings is 1. The van der Waals surface area contributed by atoms with Gasteiger partial charge < -0.3 is 0 Å². The minimum atomic E-state index is -0.178. The first-order valence-electron chi connectivity index (χ1n) is 5.19. The van der Waals surface area contributed by atoms with E-state index in [-0.39, 0.29) is 5.56 Å². The van der Waals surface area contributed by atoms with Crippen LogP contribution in [0.4, 0.5) is 0 Å². The highest BCUT2D eigenvalue weighted by molar-refractivity contribution is 5.77.